The molecule has 18 heteroatoms. The Morgan fingerprint density at radius 2 is 1.78 bits per heavy atom. The van der Waals surface area contributed by atoms with Crippen molar-refractivity contribution in [3.8, 4) is 0 Å². The van der Waals surface area contributed by atoms with Crippen molar-refractivity contribution in [2.24, 2.45) is 11.3 Å². The van der Waals surface area contributed by atoms with Gasteiger partial charge in [-0.25, -0.2) is 0 Å². The van der Waals surface area contributed by atoms with E-state index in [0.717, 1.165) is 87.0 Å². The van der Waals surface area contributed by atoms with E-state index in [4.69, 9.17) is 21.3 Å². The van der Waals surface area contributed by atoms with Crippen LogP contribution in [0.1, 0.15) is 68.3 Å². The average molecular weight is 972 g/mol. The molecule has 1 aliphatic carbocycles. The molecular formula is C49H60ClN8O7PS. The second-order valence-electron chi connectivity index (χ2n) is 19.5. The first-order chi connectivity index (χ1) is 32.0. The molecule has 5 aromatic rings. The van der Waals surface area contributed by atoms with Crippen LogP contribution in [0.15, 0.2) is 89.5 Å². The number of piperazine rings is 1. The van der Waals surface area contributed by atoms with Crippen LogP contribution in [0.4, 0.5) is 28.4 Å². The van der Waals surface area contributed by atoms with Crippen molar-refractivity contribution in [3.63, 3.8) is 0 Å². The molecule has 0 saturated carbocycles. The molecular weight excluding hydrogens is 911 g/mol. The van der Waals surface area contributed by atoms with Crippen LogP contribution in [0.3, 0.4) is 0 Å². The number of benzene rings is 3. The van der Waals surface area contributed by atoms with E-state index in [-0.39, 0.29) is 22.6 Å². The number of allylic oxidation sites excluding steroid dienone is 1. The fraction of sp³-hybridized carbons (Fsp3) is 0.429. The van der Waals surface area contributed by atoms with Crippen molar-refractivity contribution in [1.82, 2.24) is 19.6 Å². The van der Waals surface area contributed by atoms with Gasteiger partial charge in [-0.3, -0.25) is 10.1 Å². The molecule has 15 nitrogen and oxygen atoms in total. The Labute approximate surface area is 397 Å². The first-order valence-corrected chi connectivity index (χ1v) is 27.8. The number of H-pyrrole nitrogens is 1. The number of fused-ring (bicyclic) bond motifs is 2. The van der Waals surface area contributed by atoms with Crippen LogP contribution in [-0.4, -0.2) is 111 Å². The number of aromatic amines is 1. The number of rotatable bonds is 12. The van der Waals surface area contributed by atoms with E-state index < -0.39 is 38.9 Å². The number of nitro benzene ring substituents is 1. The van der Waals surface area contributed by atoms with E-state index >= 15 is 0 Å². The van der Waals surface area contributed by atoms with Crippen molar-refractivity contribution in [2.45, 2.75) is 57.3 Å². The molecule has 0 bridgehead atoms. The predicted octanol–water partition coefficient (Wildman–Crippen LogP) is 8.32. The van der Waals surface area contributed by atoms with E-state index in [1.807, 2.05) is 48.0 Å². The minimum Gasteiger partial charge on any atom is -0.0843 e. The number of carbonyl (C=O) groups is 1. The number of sulfonamides is 1. The topological polar surface area (TPSA) is 186 Å². The van der Waals surface area contributed by atoms with Gasteiger partial charge in [0.1, 0.15) is 0 Å². The third-order valence-electron chi connectivity index (χ3n) is 14.0. The monoisotopic (exact) mass is 970 g/mol. The minimum absolute atomic E-state index is 0.0976. The molecule has 4 N–H and O–H groups in total. The van der Waals surface area contributed by atoms with Gasteiger partial charge in [-0.1, -0.05) is 37.6 Å². The van der Waals surface area contributed by atoms with E-state index in [1.54, 1.807) is 12.3 Å². The maximum absolute atomic E-state index is 14.5. The summed E-state index contributed by atoms with van der Waals surface area (Å²) in [5.41, 5.74) is 7.46. The van der Waals surface area contributed by atoms with E-state index in [2.05, 4.69) is 50.8 Å². The molecule has 2 fully saturated rings. The van der Waals surface area contributed by atoms with Gasteiger partial charge in [-0.15, -0.1) is 0 Å². The standard InChI is InChI=1S/C49H60ClN8O7PS/c1-49(2)17-13-36(41(30-49)34-5-7-37(50)8-6-34)32-55-20-22-56(23-21-55)38-9-11-40(43(28-38)57-19-4-26-66(3,62)48-45(57)27-35-14-18-51-46(35)53-48)47(59)54-67(63,64)39-10-12-42(44(29-39)58(60)61)52-31-33-15-24-65-25-16-33/h5-12,14,18,27-29,33,52,62,66H,4,13,15-17,19-26,30-32H2,1-3H3,(H,51,53)(H,54,59). The number of amides is 1. The van der Waals surface area contributed by atoms with Crippen molar-refractivity contribution < 1.29 is 27.8 Å². The molecule has 0 spiro atoms. The Balaban J connectivity index is 1.01. The number of hydrogen-bond acceptors (Lipinski definition) is 12. The molecule has 0 atom stereocenters. The second kappa shape index (κ2) is 19.1. The quantitative estimate of drug-likeness (QED) is 0.0533. The number of nitro groups is 1. The molecule has 1 amide bonds. The van der Waals surface area contributed by atoms with Crippen molar-refractivity contribution in [1.29, 1.82) is 0 Å². The molecule has 0 unspecified atom stereocenters. The molecule has 9 rings (SSSR count). The summed E-state index contributed by atoms with van der Waals surface area (Å²) >= 11 is 6.28. The van der Waals surface area contributed by atoms with Gasteiger partial charge in [-0.05, 0) is 66.7 Å². The van der Waals surface area contributed by atoms with Crippen molar-refractivity contribution in [3.05, 3.63) is 111 Å². The van der Waals surface area contributed by atoms with Crippen LogP contribution < -0.4 is 25.3 Å². The van der Waals surface area contributed by atoms with Gasteiger partial charge < -0.3 is 10.1 Å². The van der Waals surface area contributed by atoms with Gasteiger partial charge in [0, 0.05) is 24.8 Å². The third-order valence-corrected chi connectivity index (χ3v) is 18.3. The first kappa shape index (κ1) is 47.0. The SMILES string of the molecule is CC1(C)CCC(CN2CCN(c3ccc(C(=O)NS(=O)(=O)c4ccc(NCC5CCOCC5)c([N+](=O)[O-])c4)c(N4CCC[PH](C)(O)c5nc6[nH]ccc6cc54)c3)CC2)=C(c2ccc(Cl)cc2)C1. The number of anilines is 4. The Morgan fingerprint density at radius 3 is 2.52 bits per heavy atom. The second-order valence-corrected chi connectivity index (χ2v) is 25.1. The minimum atomic E-state index is -4.59. The summed E-state index contributed by atoms with van der Waals surface area (Å²) in [6.07, 6.45) is 7.77. The molecule has 3 aromatic carbocycles. The van der Waals surface area contributed by atoms with E-state index in [1.165, 1.54) is 28.8 Å². The fourth-order valence-electron chi connectivity index (χ4n) is 10.1. The Hall–Kier alpha value is -5.09. The summed E-state index contributed by atoms with van der Waals surface area (Å²) in [6.45, 7) is 12.7. The number of hydrogen-bond donors (Lipinski definition) is 4. The van der Waals surface area contributed by atoms with Gasteiger partial charge >= 0.3 is 250 Å². The average Bonchev–Trinajstić information content (AvgIpc) is 3.73. The van der Waals surface area contributed by atoms with Crippen molar-refractivity contribution >= 4 is 85.5 Å². The number of aromatic nitrogens is 2. The summed E-state index contributed by atoms with van der Waals surface area (Å²) in [5.74, 6) is -0.621. The summed E-state index contributed by atoms with van der Waals surface area (Å²) in [5, 5.41) is 16.9. The van der Waals surface area contributed by atoms with Crippen molar-refractivity contribution in [2.75, 3.05) is 87.0 Å². The molecule has 356 valence electrons. The smallest absolute Gasteiger partial charge is 0.0406 e. The number of ether oxygens (including phenoxy) is 1. The maximum atomic E-state index is 14.5. The zero-order chi connectivity index (χ0) is 47.1. The number of nitrogens with zero attached hydrogens (tertiary/aromatic N) is 5. The summed E-state index contributed by atoms with van der Waals surface area (Å²) < 4.78 is 35.7. The number of pyridine rings is 1. The predicted molar refractivity (Wildman–Crippen MR) is 270 cm³/mol. The van der Waals surface area contributed by atoms with Crippen LogP contribution in [-0.2, 0) is 14.8 Å². The number of carbonyl (C=O) groups excluding carboxylic acids is 1. The zero-order valence-corrected chi connectivity index (χ0v) is 40.9. The molecule has 2 aromatic heterocycles. The van der Waals surface area contributed by atoms with Crippen LogP contribution >= 0.6 is 19.1 Å². The van der Waals surface area contributed by atoms with Gasteiger partial charge in [0.05, 0.1) is 0 Å². The Morgan fingerprint density at radius 1 is 1.01 bits per heavy atom. The molecule has 67 heavy (non-hydrogen) atoms. The maximum Gasteiger partial charge on any atom is 0.0406 e. The number of nitrogens with one attached hydrogen (secondary N) is 3. The molecule has 0 radical (unpaired) electrons. The van der Waals surface area contributed by atoms with E-state index in [0.29, 0.717) is 61.3 Å². The van der Waals surface area contributed by atoms with Gasteiger partial charge in [0.25, 0.3) is 0 Å². The summed E-state index contributed by atoms with van der Waals surface area (Å²) in [6, 6.07) is 21.2. The van der Waals surface area contributed by atoms with Crippen LogP contribution in [0.5, 0.6) is 0 Å². The van der Waals surface area contributed by atoms with Gasteiger partial charge in [0.2, 0.25) is 0 Å². The Kier molecular flexibility index (Phi) is 13.4. The van der Waals surface area contributed by atoms with Crippen LogP contribution in [0.25, 0.3) is 16.6 Å². The number of halogens is 1. The third kappa shape index (κ3) is 10.4. The molecule has 2 saturated heterocycles. The Bertz CT molecular complexity index is 2820. The normalized spacial score (nSPS) is 19.7. The summed E-state index contributed by atoms with van der Waals surface area (Å²) in [4.78, 5) is 52.5. The van der Waals surface area contributed by atoms with Gasteiger partial charge in [0.15, 0.2) is 0 Å². The molecule has 5 heterocycles. The van der Waals surface area contributed by atoms with E-state index in [9.17, 15) is 28.2 Å². The first-order valence-electron chi connectivity index (χ1n) is 23.3. The van der Waals surface area contributed by atoms with Crippen LogP contribution in [0.2, 0.25) is 5.02 Å². The largest absolute Gasteiger partial charge is 0.0843 e. The zero-order valence-electron chi connectivity index (χ0n) is 38.3. The summed E-state index contributed by atoms with van der Waals surface area (Å²) in [7, 11) is -7.65. The molecule has 4 aliphatic rings. The van der Waals surface area contributed by atoms with Crippen LogP contribution in [0, 0.1) is 21.4 Å². The van der Waals surface area contributed by atoms with Gasteiger partial charge in [-0.2, -0.15) is 0 Å². The molecule has 3 aliphatic heterocycles. The fourth-order valence-corrected chi connectivity index (χ4v) is 13.4.